The first-order valence-electron chi connectivity index (χ1n) is 29.4. The molecule has 3 heterocycles. The van der Waals surface area contributed by atoms with E-state index in [1.165, 1.54) is 116 Å². The summed E-state index contributed by atoms with van der Waals surface area (Å²) in [5.41, 5.74) is 29.4. The van der Waals surface area contributed by atoms with Crippen LogP contribution in [0.15, 0.2) is 255 Å². The summed E-state index contributed by atoms with van der Waals surface area (Å²) < 4.78 is 4.94. The lowest BCUT2D eigenvalue weighted by molar-refractivity contribution is 0.660. The van der Waals surface area contributed by atoms with Crippen LogP contribution >= 0.6 is 0 Å². The molecule has 0 saturated heterocycles. The number of hydrogen-bond acceptors (Lipinski definition) is 2. The number of para-hydroxylation sites is 2. The van der Waals surface area contributed by atoms with Gasteiger partial charge in [-0.1, -0.05) is 204 Å². The van der Waals surface area contributed by atoms with Gasteiger partial charge >= 0.3 is 0 Å². The molecule has 0 bridgehead atoms. The van der Waals surface area contributed by atoms with Gasteiger partial charge in [-0.2, -0.15) is 0 Å². The predicted octanol–water partition coefficient (Wildman–Crippen LogP) is 20.8. The number of fused-ring (bicyclic) bond motifs is 15. The van der Waals surface area contributed by atoms with E-state index in [0.717, 1.165) is 55.9 Å². The minimum atomic E-state index is -0.119. The van der Waals surface area contributed by atoms with E-state index in [1.54, 1.807) is 0 Å². The zero-order valence-corrected chi connectivity index (χ0v) is 47.0. The first-order valence-corrected chi connectivity index (χ1v) is 29.4. The summed E-state index contributed by atoms with van der Waals surface area (Å²) in [5, 5.41) is 7.29. The van der Waals surface area contributed by atoms with Crippen LogP contribution < -0.4 is 0 Å². The molecule has 0 atom stereocenters. The largest absolute Gasteiger partial charge is 0.309 e. The van der Waals surface area contributed by atoms with Crippen molar-refractivity contribution in [2.45, 2.75) is 38.5 Å². The highest BCUT2D eigenvalue weighted by Crippen LogP contribution is 2.54. The highest BCUT2D eigenvalue weighted by molar-refractivity contribution is 6.18. The Labute approximate surface area is 487 Å². The predicted molar refractivity (Wildman–Crippen MR) is 350 cm³/mol. The third-order valence-corrected chi connectivity index (χ3v) is 19.2. The summed E-state index contributed by atoms with van der Waals surface area (Å²) in [4.78, 5) is 11.1. The van der Waals surface area contributed by atoms with Crippen molar-refractivity contribution in [2.24, 2.45) is 0 Å². The van der Waals surface area contributed by atoms with Crippen LogP contribution in [-0.2, 0) is 10.8 Å². The molecular formula is C80H54N4. The van der Waals surface area contributed by atoms with Gasteiger partial charge in [-0.15, -0.1) is 0 Å². The van der Waals surface area contributed by atoms with Crippen LogP contribution in [-0.4, -0.2) is 19.1 Å². The monoisotopic (exact) mass is 1070 g/mol. The summed E-state index contributed by atoms with van der Waals surface area (Å²) in [7, 11) is 0. The van der Waals surface area contributed by atoms with Crippen molar-refractivity contribution in [3.63, 3.8) is 0 Å². The lowest BCUT2D eigenvalue weighted by Gasteiger charge is -2.22. The van der Waals surface area contributed by atoms with E-state index in [-0.39, 0.29) is 10.8 Å². The molecule has 3 aliphatic rings. The Kier molecular flexibility index (Phi) is 9.60. The molecule has 0 saturated carbocycles. The second kappa shape index (κ2) is 17.1. The molecule has 4 nitrogen and oxygen atoms in total. The molecule has 0 spiro atoms. The van der Waals surface area contributed by atoms with Crippen LogP contribution in [0, 0.1) is 0 Å². The van der Waals surface area contributed by atoms with E-state index >= 15 is 0 Å². The smallest absolute Gasteiger partial charge is 0.160 e. The van der Waals surface area contributed by atoms with Gasteiger partial charge in [0.25, 0.3) is 0 Å². The van der Waals surface area contributed by atoms with E-state index in [2.05, 4.69) is 292 Å². The van der Waals surface area contributed by atoms with Crippen LogP contribution in [0.1, 0.15) is 49.9 Å². The minimum absolute atomic E-state index is 0.119. The minimum Gasteiger partial charge on any atom is -0.309 e. The van der Waals surface area contributed by atoms with Crippen molar-refractivity contribution >= 4 is 54.4 Å². The van der Waals surface area contributed by atoms with E-state index in [4.69, 9.17) is 9.97 Å². The average molecular weight is 1070 g/mol. The summed E-state index contributed by atoms with van der Waals surface area (Å²) in [6, 6.07) is 94.9. The topological polar surface area (TPSA) is 35.6 Å². The van der Waals surface area contributed by atoms with Gasteiger partial charge in [0.15, 0.2) is 5.82 Å². The van der Waals surface area contributed by atoms with Gasteiger partial charge in [-0.05, 0) is 162 Å². The third kappa shape index (κ3) is 6.54. The zero-order valence-electron chi connectivity index (χ0n) is 47.0. The van der Waals surface area contributed by atoms with Gasteiger partial charge in [0.05, 0.1) is 33.5 Å². The van der Waals surface area contributed by atoms with Crippen molar-refractivity contribution in [3.05, 3.63) is 277 Å². The normalized spacial score (nSPS) is 13.9. The molecular weight excluding hydrogens is 1020 g/mol. The van der Waals surface area contributed by atoms with Crippen molar-refractivity contribution < 1.29 is 0 Å². The number of nitrogens with zero attached hydrogens (tertiary/aromatic N) is 4. The van der Waals surface area contributed by atoms with Crippen molar-refractivity contribution in [1.82, 2.24) is 19.1 Å². The molecule has 0 fully saturated rings. The maximum Gasteiger partial charge on any atom is 0.160 e. The molecule has 394 valence electrons. The van der Waals surface area contributed by atoms with Gasteiger partial charge in [-0.25, -0.2) is 9.97 Å². The third-order valence-electron chi connectivity index (χ3n) is 19.2. The quantitative estimate of drug-likeness (QED) is 0.166. The van der Waals surface area contributed by atoms with Gasteiger partial charge in [0, 0.05) is 66.0 Å². The SMILES string of the molecule is CC1(C)c2ccccc2-c2ccc(-n3c4ccccc4c4cc(-c5cc(-c6ccc7c(c6)c6ccccc6n7-c6ccc7c(c6)C(C)(C)c6ccccc6-7)cc(-c6nc(-c7ccccc7)nc7c6-c6cccc8cccc-7c68)c5)ccc43)cc21. The Morgan fingerprint density at radius 1 is 0.286 bits per heavy atom. The molecule has 0 amide bonds. The van der Waals surface area contributed by atoms with Crippen molar-refractivity contribution in [2.75, 3.05) is 0 Å². The van der Waals surface area contributed by atoms with E-state index in [0.29, 0.717) is 5.82 Å². The van der Waals surface area contributed by atoms with Crippen molar-refractivity contribution in [3.8, 4) is 101 Å². The number of benzene rings is 12. The van der Waals surface area contributed by atoms with Crippen LogP contribution in [0.4, 0.5) is 0 Å². The molecule has 0 aliphatic heterocycles. The summed E-state index contributed by atoms with van der Waals surface area (Å²) in [6.45, 7) is 9.46. The Morgan fingerprint density at radius 2 is 0.738 bits per heavy atom. The molecule has 3 aromatic heterocycles. The number of hydrogen-bond donors (Lipinski definition) is 0. The molecule has 4 heteroatoms. The fourth-order valence-corrected chi connectivity index (χ4v) is 15.2. The lowest BCUT2D eigenvalue weighted by Crippen LogP contribution is -2.15. The molecule has 15 aromatic rings. The molecule has 84 heavy (non-hydrogen) atoms. The maximum atomic E-state index is 5.66. The highest BCUT2D eigenvalue weighted by atomic mass is 15.0. The zero-order chi connectivity index (χ0) is 55.7. The fourth-order valence-electron chi connectivity index (χ4n) is 15.2. The average Bonchev–Trinajstić information content (AvgIpc) is 2.57. The van der Waals surface area contributed by atoms with Gasteiger partial charge in [-0.3, -0.25) is 0 Å². The van der Waals surface area contributed by atoms with Gasteiger partial charge in [0.2, 0.25) is 0 Å². The first kappa shape index (κ1) is 47.2. The van der Waals surface area contributed by atoms with E-state index < -0.39 is 0 Å². The Hall–Kier alpha value is -10.4. The van der Waals surface area contributed by atoms with Crippen LogP contribution in [0.5, 0.6) is 0 Å². The summed E-state index contributed by atoms with van der Waals surface area (Å²) in [5.74, 6) is 0.710. The van der Waals surface area contributed by atoms with E-state index in [9.17, 15) is 0 Å². The molecule has 12 aromatic carbocycles. The standard InChI is InChI=1S/C80H54N4/c1-79(2)66-28-12-8-22-56(66)58-36-34-54(45-68(58)79)83-70-30-14-10-24-60(70)64-43-49(32-38-72(64)83)51-40-52(42-53(41-51)76-75-62-26-16-20-47-21-17-27-63(74(47)62)77(75)82-78(81-76)48-18-6-5-7-19-48)50-33-39-73-65(44-50)61-25-11-15-31-71(61)84(73)55-35-37-59-57-23-9-13-29-67(57)80(3,4)69(59)46-55/h5-46H,1-4H3. The summed E-state index contributed by atoms with van der Waals surface area (Å²) >= 11 is 0. The maximum absolute atomic E-state index is 5.66. The van der Waals surface area contributed by atoms with E-state index in [1.807, 2.05) is 0 Å². The molecule has 0 radical (unpaired) electrons. The van der Waals surface area contributed by atoms with Crippen molar-refractivity contribution in [1.29, 1.82) is 0 Å². The van der Waals surface area contributed by atoms with Crippen LogP contribution in [0.3, 0.4) is 0 Å². The second-order valence-electron chi connectivity index (χ2n) is 24.5. The second-order valence-corrected chi connectivity index (χ2v) is 24.5. The number of aromatic nitrogens is 4. The fraction of sp³-hybridized carbons (Fsp3) is 0.0750. The van der Waals surface area contributed by atoms with Gasteiger partial charge < -0.3 is 9.13 Å². The number of rotatable bonds is 6. The first-order chi connectivity index (χ1) is 41.2. The highest BCUT2D eigenvalue weighted by Gasteiger charge is 2.37. The molecule has 0 unspecified atom stereocenters. The van der Waals surface area contributed by atoms with Crippen LogP contribution in [0.25, 0.3) is 155 Å². The molecule has 0 N–H and O–H groups in total. The Bertz CT molecular complexity index is 5130. The summed E-state index contributed by atoms with van der Waals surface area (Å²) in [6.07, 6.45) is 0. The van der Waals surface area contributed by atoms with Gasteiger partial charge in [0.1, 0.15) is 0 Å². The Morgan fingerprint density at radius 3 is 1.31 bits per heavy atom. The molecule has 18 rings (SSSR count). The lowest BCUT2D eigenvalue weighted by atomic mass is 9.82. The molecule has 3 aliphatic carbocycles. The van der Waals surface area contributed by atoms with Crippen LogP contribution in [0.2, 0.25) is 0 Å². The Balaban J connectivity index is 0.855.